The largest absolute Gasteiger partial charge is 0.383 e. The van der Waals surface area contributed by atoms with Crippen molar-refractivity contribution in [3.63, 3.8) is 0 Å². The van der Waals surface area contributed by atoms with Crippen molar-refractivity contribution in [1.29, 1.82) is 5.41 Å². The molecular formula is C14H17FN6. The van der Waals surface area contributed by atoms with Gasteiger partial charge in [-0.25, -0.2) is 24.3 Å². The van der Waals surface area contributed by atoms with Gasteiger partial charge in [-0.3, -0.25) is 5.41 Å². The van der Waals surface area contributed by atoms with Gasteiger partial charge in [-0.2, -0.15) is 0 Å². The van der Waals surface area contributed by atoms with Crippen LogP contribution in [0.3, 0.4) is 0 Å². The number of aliphatic imine (C=N–C) groups is 1. The van der Waals surface area contributed by atoms with Gasteiger partial charge in [-0.1, -0.05) is 20.3 Å². The third-order valence-electron chi connectivity index (χ3n) is 2.21. The molecule has 21 heavy (non-hydrogen) atoms. The van der Waals surface area contributed by atoms with Gasteiger partial charge < -0.3 is 5.73 Å². The van der Waals surface area contributed by atoms with Crippen molar-refractivity contribution in [2.75, 3.05) is 5.73 Å². The Balaban J connectivity index is 0.000000677. The number of rotatable bonds is 3. The zero-order valence-electron chi connectivity index (χ0n) is 12.0. The summed E-state index contributed by atoms with van der Waals surface area (Å²) >= 11 is 0. The first-order valence-corrected chi connectivity index (χ1v) is 6.34. The quantitative estimate of drug-likeness (QED) is 0.848. The standard InChI is InChI=1S/C11H9FN6.C3H8/c1-15-10-7(12)5-17-11(18-10)8(13)6-3-2-4-16-9(6)14;1-3-2/h2-5,13H,1H2,(H2,14,16);3H2,1-2H3. The minimum atomic E-state index is -0.694. The molecule has 0 aliphatic heterocycles. The van der Waals surface area contributed by atoms with E-state index in [-0.39, 0.29) is 23.2 Å². The lowest BCUT2D eigenvalue weighted by atomic mass is 10.1. The van der Waals surface area contributed by atoms with Crippen LogP contribution in [0.1, 0.15) is 31.7 Å². The molecule has 0 aliphatic rings. The monoisotopic (exact) mass is 288 g/mol. The van der Waals surface area contributed by atoms with Crippen LogP contribution in [0.2, 0.25) is 0 Å². The fourth-order valence-electron chi connectivity index (χ4n) is 1.34. The molecule has 0 aliphatic carbocycles. The molecule has 110 valence electrons. The normalized spacial score (nSPS) is 9.48. The Bertz CT molecular complexity index is 641. The average molecular weight is 288 g/mol. The fraction of sp³-hybridized carbons (Fsp3) is 0.214. The van der Waals surface area contributed by atoms with Crippen molar-refractivity contribution >= 4 is 24.1 Å². The zero-order valence-corrected chi connectivity index (χ0v) is 12.0. The fourth-order valence-corrected chi connectivity index (χ4v) is 1.34. The van der Waals surface area contributed by atoms with Gasteiger partial charge >= 0.3 is 0 Å². The summed E-state index contributed by atoms with van der Waals surface area (Å²) in [6.07, 6.45) is 3.70. The zero-order chi connectivity index (χ0) is 15.8. The SMILES string of the molecule is C=Nc1nc(C(=N)c2cccnc2N)ncc1F.CCC. The lowest BCUT2D eigenvalue weighted by Gasteiger charge is -2.05. The molecule has 2 aromatic heterocycles. The number of anilines is 1. The number of nitrogens with one attached hydrogen (secondary N) is 1. The molecule has 0 bridgehead atoms. The Morgan fingerprint density at radius 2 is 2.10 bits per heavy atom. The van der Waals surface area contributed by atoms with Crippen LogP contribution in [0.4, 0.5) is 16.0 Å². The Kier molecular flexibility index (Phi) is 6.06. The summed E-state index contributed by atoms with van der Waals surface area (Å²) in [5.74, 6) is -0.699. The van der Waals surface area contributed by atoms with E-state index in [0.29, 0.717) is 5.56 Å². The van der Waals surface area contributed by atoms with Crippen LogP contribution in [0, 0.1) is 11.2 Å². The van der Waals surface area contributed by atoms with Crippen molar-refractivity contribution in [3.8, 4) is 0 Å². The molecule has 7 heteroatoms. The molecule has 2 heterocycles. The molecule has 0 spiro atoms. The first kappa shape index (κ1) is 16.4. The smallest absolute Gasteiger partial charge is 0.191 e. The number of hydrogen-bond acceptors (Lipinski definition) is 6. The number of pyridine rings is 1. The molecule has 3 N–H and O–H groups in total. The van der Waals surface area contributed by atoms with E-state index in [1.165, 1.54) is 12.6 Å². The average Bonchev–Trinajstić information content (AvgIpc) is 2.48. The highest BCUT2D eigenvalue weighted by Gasteiger charge is 2.13. The van der Waals surface area contributed by atoms with Crippen LogP contribution in [-0.4, -0.2) is 27.4 Å². The maximum atomic E-state index is 13.1. The van der Waals surface area contributed by atoms with Crippen LogP contribution in [0.15, 0.2) is 29.5 Å². The Hall–Kier alpha value is -2.70. The van der Waals surface area contributed by atoms with Gasteiger partial charge in [0.15, 0.2) is 17.5 Å². The van der Waals surface area contributed by atoms with Crippen LogP contribution >= 0.6 is 0 Å². The third kappa shape index (κ3) is 4.13. The van der Waals surface area contributed by atoms with E-state index in [9.17, 15) is 4.39 Å². The molecule has 2 rings (SSSR count). The Morgan fingerprint density at radius 3 is 2.67 bits per heavy atom. The molecule has 0 atom stereocenters. The van der Waals surface area contributed by atoms with E-state index in [1.807, 2.05) is 0 Å². The minimum absolute atomic E-state index is 0.0125. The summed E-state index contributed by atoms with van der Waals surface area (Å²) in [4.78, 5) is 14.8. The van der Waals surface area contributed by atoms with E-state index in [4.69, 9.17) is 11.1 Å². The molecular weight excluding hydrogens is 271 g/mol. The highest BCUT2D eigenvalue weighted by molar-refractivity contribution is 6.11. The Morgan fingerprint density at radius 1 is 1.43 bits per heavy atom. The molecule has 2 aromatic rings. The van der Waals surface area contributed by atoms with Crippen molar-refractivity contribution in [1.82, 2.24) is 15.0 Å². The summed E-state index contributed by atoms with van der Waals surface area (Å²) in [6, 6.07) is 3.24. The van der Waals surface area contributed by atoms with Gasteiger partial charge in [-0.05, 0) is 18.9 Å². The summed E-state index contributed by atoms with van der Waals surface area (Å²) in [6.45, 7) is 7.44. The summed E-state index contributed by atoms with van der Waals surface area (Å²) in [5.41, 5.74) is 5.97. The first-order valence-electron chi connectivity index (χ1n) is 6.34. The summed E-state index contributed by atoms with van der Waals surface area (Å²) in [5, 5.41) is 7.92. The number of nitrogen functional groups attached to an aromatic ring is 1. The van der Waals surface area contributed by atoms with Gasteiger partial charge in [0.2, 0.25) is 0 Å². The number of nitrogens with two attached hydrogens (primary N) is 1. The van der Waals surface area contributed by atoms with Gasteiger partial charge in [0.05, 0.1) is 6.20 Å². The van der Waals surface area contributed by atoms with Gasteiger partial charge in [0, 0.05) is 11.8 Å². The summed E-state index contributed by atoms with van der Waals surface area (Å²) < 4.78 is 13.1. The first-order chi connectivity index (χ1) is 10.0. The summed E-state index contributed by atoms with van der Waals surface area (Å²) in [7, 11) is 0. The van der Waals surface area contributed by atoms with E-state index >= 15 is 0 Å². The van der Waals surface area contributed by atoms with Crippen LogP contribution < -0.4 is 5.73 Å². The molecule has 0 fully saturated rings. The van der Waals surface area contributed by atoms with Gasteiger partial charge in [0.25, 0.3) is 0 Å². The lowest BCUT2D eigenvalue weighted by Crippen LogP contribution is -2.10. The molecule has 0 amide bonds. The maximum absolute atomic E-state index is 13.1. The highest BCUT2D eigenvalue weighted by atomic mass is 19.1. The molecule has 0 saturated carbocycles. The van der Waals surface area contributed by atoms with E-state index in [2.05, 4.69) is 40.5 Å². The van der Waals surface area contributed by atoms with Crippen molar-refractivity contribution < 1.29 is 4.39 Å². The highest BCUT2D eigenvalue weighted by Crippen LogP contribution is 2.16. The van der Waals surface area contributed by atoms with Crippen LogP contribution in [-0.2, 0) is 0 Å². The second-order valence-corrected chi connectivity index (χ2v) is 4.04. The minimum Gasteiger partial charge on any atom is -0.383 e. The topological polar surface area (TPSA) is 101 Å². The Labute approximate surface area is 122 Å². The maximum Gasteiger partial charge on any atom is 0.191 e. The second-order valence-electron chi connectivity index (χ2n) is 4.04. The van der Waals surface area contributed by atoms with Gasteiger partial charge in [-0.15, -0.1) is 0 Å². The van der Waals surface area contributed by atoms with Crippen molar-refractivity contribution in [2.45, 2.75) is 20.3 Å². The van der Waals surface area contributed by atoms with E-state index < -0.39 is 5.82 Å². The number of hydrogen-bond donors (Lipinski definition) is 2. The van der Waals surface area contributed by atoms with E-state index in [1.54, 1.807) is 12.1 Å². The lowest BCUT2D eigenvalue weighted by molar-refractivity contribution is 0.616. The molecule has 0 unspecified atom stereocenters. The van der Waals surface area contributed by atoms with Crippen LogP contribution in [0.25, 0.3) is 0 Å². The molecule has 0 radical (unpaired) electrons. The molecule has 0 aromatic carbocycles. The second kappa shape index (κ2) is 7.78. The predicted molar refractivity (Wildman–Crippen MR) is 81.7 cm³/mol. The predicted octanol–water partition coefficient (Wildman–Crippen LogP) is 2.76. The molecule has 6 nitrogen and oxygen atoms in total. The number of nitrogens with zero attached hydrogens (tertiary/aromatic N) is 4. The van der Waals surface area contributed by atoms with Gasteiger partial charge in [0.1, 0.15) is 11.5 Å². The van der Waals surface area contributed by atoms with Crippen molar-refractivity contribution in [2.24, 2.45) is 4.99 Å². The third-order valence-corrected chi connectivity index (χ3v) is 2.21. The molecule has 0 saturated heterocycles. The number of aromatic nitrogens is 3. The van der Waals surface area contributed by atoms with Crippen LogP contribution in [0.5, 0.6) is 0 Å². The van der Waals surface area contributed by atoms with E-state index in [0.717, 1.165) is 6.20 Å². The van der Waals surface area contributed by atoms with Crippen molar-refractivity contribution in [3.05, 3.63) is 41.7 Å². The number of halogens is 1.